The third-order valence-corrected chi connectivity index (χ3v) is 6.34. The van der Waals surface area contributed by atoms with Crippen molar-refractivity contribution in [3.8, 4) is 0 Å². The zero-order chi connectivity index (χ0) is 26.3. The number of morpholine rings is 1. The normalized spacial score (nSPS) is 14.7. The number of benzene rings is 2. The van der Waals surface area contributed by atoms with Crippen LogP contribution in [0.1, 0.15) is 33.1 Å². The lowest BCUT2D eigenvalue weighted by Gasteiger charge is -2.26. The molecular formula is C26H28ClF3N4O3. The fourth-order valence-corrected chi connectivity index (χ4v) is 4.26. The number of alkyl halides is 3. The molecule has 1 saturated heterocycles. The molecule has 0 radical (unpaired) electrons. The second-order valence-electron chi connectivity index (χ2n) is 8.77. The van der Waals surface area contributed by atoms with Crippen molar-refractivity contribution in [2.24, 2.45) is 0 Å². The minimum atomic E-state index is -4.43. The maximum Gasteiger partial charge on any atom is 0.416 e. The van der Waals surface area contributed by atoms with E-state index in [1.165, 1.54) is 12.3 Å². The van der Waals surface area contributed by atoms with Gasteiger partial charge in [0.2, 0.25) is 5.89 Å². The Kier molecular flexibility index (Phi) is 9.20. The number of hydrogen-bond donors (Lipinski definition) is 1. The van der Waals surface area contributed by atoms with Crippen LogP contribution in [0.25, 0.3) is 0 Å². The molecule has 0 unspecified atom stereocenters. The lowest BCUT2D eigenvalue weighted by Crippen LogP contribution is -2.41. The van der Waals surface area contributed by atoms with Gasteiger partial charge in [-0.2, -0.15) is 13.2 Å². The van der Waals surface area contributed by atoms with Crippen molar-refractivity contribution >= 4 is 17.5 Å². The number of oxazole rings is 1. The van der Waals surface area contributed by atoms with E-state index in [0.717, 1.165) is 30.8 Å². The van der Waals surface area contributed by atoms with Crippen molar-refractivity contribution in [1.82, 2.24) is 20.1 Å². The van der Waals surface area contributed by atoms with Gasteiger partial charge in [-0.25, -0.2) is 4.98 Å². The standard InChI is InChI=1S/C26H28ClF3N4O3/c27-22-7-2-1-5-20(22)16-34(15-19-4-3-6-21(14-19)26(28,29)30)17-24-32-23(18-37-24)25(35)31-8-9-33-10-12-36-13-11-33/h1-7,14,18H,8-13,15-17H2,(H,31,35). The summed E-state index contributed by atoms with van der Waals surface area (Å²) in [6, 6.07) is 12.4. The van der Waals surface area contributed by atoms with Crippen molar-refractivity contribution in [1.29, 1.82) is 0 Å². The molecule has 2 aromatic carbocycles. The number of amides is 1. The van der Waals surface area contributed by atoms with Gasteiger partial charge in [-0.05, 0) is 23.3 Å². The third-order valence-electron chi connectivity index (χ3n) is 5.97. The van der Waals surface area contributed by atoms with Crippen LogP contribution < -0.4 is 5.32 Å². The fourth-order valence-electron chi connectivity index (χ4n) is 4.06. The molecule has 198 valence electrons. The average molecular weight is 537 g/mol. The number of nitrogens with one attached hydrogen (secondary N) is 1. The summed E-state index contributed by atoms with van der Waals surface area (Å²) in [5.41, 5.74) is 0.724. The van der Waals surface area contributed by atoms with Crippen LogP contribution in [0.2, 0.25) is 5.02 Å². The minimum absolute atomic E-state index is 0.147. The van der Waals surface area contributed by atoms with Gasteiger partial charge in [0, 0.05) is 44.3 Å². The number of ether oxygens (including phenoxy) is 1. The predicted octanol–water partition coefficient (Wildman–Crippen LogP) is 4.61. The molecule has 4 rings (SSSR count). The van der Waals surface area contributed by atoms with E-state index in [-0.39, 0.29) is 30.6 Å². The first-order chi connectivity index (χ1) is 17.8. The second kappa shape index (κ2) is 12.6. The Morgan fingerprint density at radius 3 is 2.62 bits per heavy atom. The average Bonchev–Trinajstić information content (AvgIpc) is 3.34. The summed E-state index contributed by atoms with van der Waals surface area (Å²) in [7, 11) is 0. The largest absolute Gasteiger partial charge is 0.447 e. The Morgan fingerprint density at radius 2 is 1.86 bits per heavy atom. The van der Waals surface area contributed by atoms with Gasteiger partial charge in [-0.1, -0.05) is 48.0 Å². The van der Waals surface area contributed by atoms with Crippen molar-refractivity contribution < 1.29 is 27.1 Å². The van der Waals surface area contributed by atoms with E-state index in [1.807, 2.05) is 17.0 Å². The van der Waals surface area contributed by atoms with E-state index in [2.05, 4.69) is 15.2 Å². The molecule has 1 amide bonds. The summed E-state index contributed by atoms with van der Waals surface area (Å²) in [4.78, 5) is 20.9. The predicted molar refractivity (Wildman–Crippen MR) is 132 cm³/mol. The lowest BCUT2D eigenvalue weighted by atomic mass is 10.1. The van der Waals surface area contributed by atoms with Crippen LogP contribution in [0.5, 0.6) is 0 Å². The van der Waals surface area contributed by atoms with Gasteiger partial charge in [0.05, 0.1) is 25.3 Å². The molecule has 2 heterocycles. The molecule has 11 heteroatoms. The molecule has 1 aliphatic rings. The highest BCUT2D eigenvalue weighted by molar-refractivity contribution is 6.31. The molecule has 0 atom stereocenters. The van der Waals surface area contributed by atoms with Crippen molar-refractivity contribution in [3.63, 3.8) is 0 Å². The summed E-state index contributed by atoms with van der Waals surface area (Å²) < 4.78 is 50.5. The number of carbonyl (C=O) groups is 1. The molecule has 1 aliphatic heterocycles. The maximum atomic E-state index is 13.2. The molecule has 1 aromatic heterocycles. The van der Waals surface area contributed by atoms with Gasteiger partial charge in [0.15, 0.2) is 5.69 Å². The number of hydrogen-bond acceptors (Lipinski definition) is 6. The smallest absolute Gasteiger partial charge is 0.416 e. The first-order valence-electron chi connectivity index (χ1n) is 11.9. The molecule has 37 heavy (non-hydrogen) atoms. The van der Waals surface area contributed by atoms with Gasteiger partial charge in [0.1, 0.15) is 6.26 Å². The van der Waals surface area contributed by atoms with Gasteiger partial charge < -0.3 is 14.5 Å². The van der Waals surface area contributed by atoms with Crippen LogP contribution in [0.3, 0.4) is 0 Å². The summed E-state index contributed by atoms with van der Waals surface area (Å²) in [6.45, 7) is 4.92. The van der Waals surface area contributed by atoms with Crippen molar-refractivity contribution in [2.75, 3.05) is 39.4 Å². The Morgan fingerprint density at radius 1 is 1.08 bits per heavy atom. The molecule has 1 N–H and O–H groups in total. The number of rotatable bonds is 10. The zero-order valence-electron chi connectivity index (χ0n) is 20.1. The van der Waals surface area contributed by atoms with E-state index in [0.29, 0.717) is 43.4 Å². The van der Waals surface area contributed by atoms with Gasteiger partial charge >= 0.3 is 6.18 Å². The highest BCUT2D eigenvalue weighted by Gasteiger charge is 2.30. The lowest BCUT2D eigenvalue weighted by molar-refractivity contribution is -0.137. The maximum absolute atomic E-state index is 13.2. The number of aromatic nitrogens is 1. The van der Waals surface area contributed by atoms with E-state index >= 15 is 0 Å². The third kappa shape index (κ3) is 8.03. The van der Waals surface area contributed by atoms with Crippen LogP contribution in [-0.4, -0.2) is 60.1 Å². The molecule has 7 nitrogen and oxygen atoms in total. The van der Waals surface area contributed by atoms with E-state index < -0.39 is 11.7 Å². The number of nitrogens with zero attached hydrogens (tertiary/aromatic N) is 3. The molecule has 1 fully saturated rings. The zero-order valence-corrected chi connectivity index (χ0v) is 20.9. The Labute approximate surface area is 218 Å². The summed E-state index contributed by atoms with van der Waals surface area (Å²) in [5.74, 6) is -0.0730. The second-order valence-corrected chi connectivity index (χ2v) is 9.18. The molecule has 0 aliphatic carbocycles. The highest BCUT2D eigenvalue weighted by atomic mass is 35.5. The summed E-state index contributed by atoms with van der Waals surface area (Å²) >= 11 is 6.33. The monoisotopic (exact) mass is 536 g/mol. The van der Waals surface area contributed by atoms with E-state index in [1.54, 1.807) is 18.2 Å². The van der Waals surface area contributed by atoms with E-state index in [4.69, 9.17) is 20.8 Å². The van der Waals surface area contributed by atoms with Gasteiger partial charge in [-0.15, -0.1) is 0 Å². The van der Waals surface area contributed by atoms with Crippen LogP contribution in [0.4, 0.5) is 13.2 Å². The van der Waals surface area contributed by atoms with Crippen LogP contribution in [0.15, 0.2) is 59.2 Å². The SMILES string of the molecule is O=C(NCCN1CCOCC1)c1coc(CN(Cc2cccc(C(F)(F)F)c2)Cc2ccccc2Cl)n1. The number of halogens is 4. The highest BCUT2D eigenvalue weighted by Crippen LogP contribution is 2.30. The summed E-state index contributed by atoms with van der Waals surface area (Å²) in [5, 5.41) is 3.38. The first-order valence-corrected chi connectivity index (χ1v) is 12.3. The molecule has 3 aromatic rings. The quantitative estimate of drug-likeness (QED) is 0.408. The molecular weight excluding hydrogens is 509 g/mol. The molecule has 0 saturated carbocycles. The fraction of sp³-hybridized carbons (Fsp3) is 0.385. The molecule has 0 spiro atoms. The summed E-state index contributed by atoms with van der Waals surface area (Å²) in [6.07, 6.45) is -3.15. The van der Waals surface area contributed by atoms with Crippen LogP contribution in [-0.2, 0) is 30.5 Å². The van der Waals surface area contributed by atoms with E-state index in [9.17, 15) is 18.0 Å². The number of carbonyl (C=O) groups excluding carboxylic acids is 1. The Balaban J connectivity index is 1.42. The minimum Gasteiger partial charge on any atom is -0.447 e. The van der Waals surface area contributed by atoms with Gasteiger partial charge in [-0.3, -0.25) is 14.6 Å². The van der Waals surface area contributed by atoms with Crippen LogP contribution in [0, 0.1) is 0 Å². The van der Waals surface area contributed by atoms with Crippen molar-refractivity contribution in [2.45, 2.75) is 25.8 Å². The van der Waals surface area contributed by atoms with Crippen LogP contribution >= 0.6 is 11.6 Å². The van der Waals surface area contributed by atoms with Crippen molar-refractivity contribution in [3.05, 3.63) is 88.1 Å². The Hall–Kier alpha value is -2.92. The molecule has 0 bridgehead atoms. The first kappa shape index (κ1) is 27.1. The topological polar surface area (TPSA) is 70.8 Å². The Bertz CT molecular complexity index is 1180. The van der Waals surface area contributed by atoms with Gasteiger partial charge in [0.25, 0.3) is 5.91 Å².